The van der Waals surface area contributed by atoms with Gasteiger partial charge in [0, 0.05) is 17.1 Å². The van der Waals surface area contributed by atoms with Crippen LogP contribution in [-0.2, 0) is 14.8 Å². The molecule has 4 N–H and O–H groups in total. The number of methoxy groups -OCH3 is 1. The average molecular weight is 373 g/mol. The Labute approximate surface area is 149 Å². The predicted molar refractivity (Wildman–Crippen MR) is 96.4 cm³/mol. The summed E-state index contributed by atoms with van der Waals surface area (Å²) >= 11 is 0. The summed E-state index contributed by atoms with van der Waals surface area (Å²) in [5.41, 5.74) is 1.82. The number of nitrogens with two attached hydrogens (primary N) is 1. The molecule has 0 atom stereocenters. The second kappa shape index (κ2) is 6.62. The van der Waals surface area contributed by atoms with Crippen molar-refractivity contribution in [1.29, 1.82) is 0 Å². The largest absolute Gasteiger partial charge is 0.494 e. The lowest BCUT2D eigenvalue weighted by atomic mass is 10.1. The number of primary sulfonamides is 1. The Morgan fingerprint density at radius 2 is 1.92 bits per heavy atom. The fourth-order valence-corrected chi connectivity index (χ4v) is 2.95. The molecule has 134 valence electrons. The molecule has 0 fully saturated rings. The molecule has 1 aromatic heterocycles. The summed E-state index contributed by atoms with van der Waals surface area (Å²) in [6, 6.07) is 10.5. The van der Waals surface area contributed by atoms with Crippen LogP contribution in [0.3, 0.4) is 0 Å². The first-order valence-corrected chi connectivity index (χ1v) is 8.94. The summed E-state index contributed by atoms with van der Waals surface area (Å²) < 4.78 is 27.2. The van der Waals surface area contributed by atoms with Gasteiger partial charge in [-0.1, -0.05) is 0 Å². The fraction of sp³-hybridized carbons (Fsp3) is 0.0588. The van der Waals surface area contributed by atoms with E-state index in [1.807, 2.05) is 0 Å². The highest BCUT2D eigenvalue weighted by molar-refractivity contribution is 7.89. The maximum Gasteiger partial charge on any atom is 0.337 e. The van der Waals surface area contributed by atoms with Crippen molar-refractivity contribution in [3.8, 4) is 5.88 Å². The summed E-state index contributed by atoms with van der Waals surface area (Å²) in [6.07, 6.45) is 1.42. The topological polar surface area (TPSA) is 135 Å². The maximum atomic E-state index is 11.7. The second-order valence-electron chi connectivity index (χ2n) is 5.44. The zero-order chi connectivity index (χ0) is 18.9. The SMILES string of the molecule is COC(=O)c1ccc2[nH]c(O)c(C=Nc3ccc(S(N)(=O)=O)cc3)c2c1. The van der Waals surface area contributed by atoms with Crippen LogP contribution in [0.4, 0.5) is 5.69 Å². The minimum absolute atomic E-state index is 0.0193. The van der Waals surface area contributed by atoms with Crippen molar-refractivity contribution in [2.75, 3.05) is 7.11 Å². The molecule has 26 heavy (non-hydrogen) atoms. The number of aromatic hydroxyl groups is 1. The zero-order valence-electron chi connectivity index (χ0n) is 13.6. The molecular weight excluding hydrogens is 358 g/mol. The number of aliphatic imine (C=N–C) groups is 1. The number of aromatic nitrogens is 1. The predicted octanol–water partition coefficient (Wildman–Crippen LogP) is 2.06. The molecule has 3 rings (SSSR count). The van der Waals surface area contributed by atoms with Crippen LogP contribution >= 0.6 is 0 Å². The van der Waals surface area contributed by atoms with E-state index >= 15 is 0 Å². The molecule has 0 saturated carbocycles. The fourth-order valence-electron chi connectivity index (χ4n) is 2.44. The van der Waals surface area contributed by atoms with Crippen molar-refractivity contribution < 1.29 is 23.1 Å². The molecule has 0 amide bonds. The standard InChI is InChI=1S/C17H15N3O5S/c1-25-17(22)10-2-7-15-13(8-10)14(16(21)20-15)9-19-11-3-5-12(6-4-11)26(18,23)24/h2-9,20-21H,1H3,(H2,18,23,24). The number of nitrogens with one attached hydrogen (secondary N) is 1. The second-order valence-corrected chi connectivity index (χ2v) is 7.00. The number of carbonyl (C=O) groups excluding carboxylic acids is 1. The van der Waals surface area contributed by atoms with E-state index < -0.39 is 16.0 Å². The molecular formula is C17H15N3O5S. The van der Waals surface area contributed by atoms with Gasteiger partial charge in [0.05, 0.1) is 28.8 Å². The van der Waals surface area contributed by atoms with E-state index in [-0.39, 0.29) is 10.8 Å². The van der Waals surface area contributed by atoms with Crippen molar-refractivity contribution in [3.63, 3.8) is 0 Å². The van der Waals surface area contributed by atoms with Gasteiger partial charge in [-0.15, -0.1) is 0 Å². The van der Waals surface area contributed by atoms with Crippen LogP contribution in [0.25, 0.3) is 10.9 Å². The molecule has 0 spiro atoms. The number of sulfonamides is 1. The smallest absolute Gasteiger partial charge is 0.337 e. The van der Waals surface area contributed by atoms with Crippen LogP contribution in [0.5, 0.6) is 5.88 Å². The van der Waals surface area contributed by atoms with Gasteiger partial charge in [-0.3, -0.25) is 4.99 Å². The van der Waals surface area contributed by atoms with Crippen LogP contribution in [0.1, 0.15) is 15.9 Å². The molecule has 8 nitrogen and oxygen atoms in total. The monoisotopic (exact) mass is 373 g/mol. The number of carbonyl (C=O) groups is 1. The lowest BCUT2D eigenvalue weighted by Crippen LogP contribution is -2.11. The Balaban J connectivity index is 1.98. The highest BCUT2D eigenvalue weighted by Crippen LogP contribution is 2.27. The van der Waals surface area contributed by atoms with Gasteiger partial charge in [0.25, 0.3) is 0 Å². The first kappa shape index (κ1) is 17.6. The first-order valence-electron chi connectivity index (χ1n) is 7.39. The highest BCUT2D eigenvalue weighted by atomic mass is 32.2. The van der Waals surface area contributed by atoms with Gasteiger partial charge in [0.15, 0.2) is 5.88 Å². The molecule has 0 bridgehead atoms. The molecule has 0 aliphatic carbocycles. The number of hydrogen-bond donors (Lipinski definition) is 3. The number of ether oxygens (including phenoxy) is 1. The van der Waals surface area contributed by atoms with E-state index in [9.17, 15) is 18.3 Å². The summed E-state index contributed by atoms with van der Waals surface area (Å²) in [7, 11) is -2.48. The number of aromatic amines is 1. The molecule has 3 aromatic rings. The van der Waals surface area contributed by atoms with Gasteiger partial charge < -0.3 is 14.8 Å². The summed E-state index contributed by atoms with van der Waals surface area (Å²) in [5, 5.41) is 15.7. The van der Waals surface area contributed by atoms with E-state index in [0.29, 0.717) is 27.7 Å². The lowest BCUT2D eigenvalue weighted by molar-refractivity contribution is 0.0601. The van der Waals surface area contributed by atoms with Crippen LogP contribution in [0.2, 0.25) is 0 Å². The maximum absolute atomic E-state index is 11.7. The number of nitrogens with zero attached hydrogens (tertiary/aromatic N) is 1. The normalized spacial score (nSPS) is 11.9. The molecule has 0 radical (unpaired) electrons. The van der Waals surface area contributed by atoms with Gasteiger partial charge in [0.1, 0.15) is 0 Å². The Bertz CT molecular complexity index is 1120. The minimum Gasteiger partial charge on any atom is -0.494 e. The van der Waals surface area contributed by atoms with Crippen molar-refractivity contribution in [2.45, 2.75) is 4.90 Å². The van der Waals surface area contributed by atoms with E-state index in [1.54, 1.807) is 18.2 Å². The Morgan fingerprint density at radius 1 is 1.23 bits per heavy atom. The Morgan fingerprint density at radius 3 is 2.54 bits per heavy atom. The molecule has 2 aromatic carbocycles. The lowest BCUT2D eigenvalue weighted by Gasteiger charge is -2.00. The third-order valence-corrected chi connectivity index (χ3v) is 4.68. The average Bonchev–Trinajstić information content (AvgIpc) is 2.93. The Hall–Kier alpha value is -3.17. The van der Waals surface area contributed by atoms with E-state index in [0.717, 1.165) is 0 Å². The molecule has 0 unspecified atom stereocenters. The summed E-state index contributed by atoms with van der Waals surface area (Å²) in [5.74, 6) is -0.596. The quantitative estimate of drug-likeness (QED) is 0.475. The van der Waals surface area contributed by atoms with Crippen molar-refractivity contribution >= 4 is 38.8 Å². The zero-order valence-corrected chi connectivity index (χ0v) is 14.4. The van der Waals surface area contributed by atoms with Crippen LogP contribution < -0.4 is 5.14 Å². The molecule has 0 aliphatic heterocycles. The molecule has 9 heteroatoms. The van der Waals surface area contributed by atoms with Gasteiger partial charge in [-0.05, 0) is 42.5 Å². The molecule has 0 saturated heterocycles. The molecule has 0 aliphatic rings. The van der Waals surface area contributed by atoms with E-state index in [2.05, 4.69) is 9.98 Å². The van der Waals surface area contributed by atoms with Crippen molar-refractivity contribution in [3.05, 3.63) is 53.6 Å². The number of esters is 1. The first-order chi connectivity index (χ1) is 12.3. The Kier molecular flexibility index (Phi) is 4.49. The highest BCUT2D eigenvalue weighted by Gasteiger charge is 2.13. The van der Waals surface area contributed by atoms with Crippen LogP contribution in [0, 0.1) is 0 Å². The summed E-state index contributed by atoms with van der Waals surface area (Å²) in [4.78, 5) is 18.7. The number of hydrogen-bond acceptors (Lipinski definition) is 6. The van der Waals surface area contributed by atoms with Crippen molar-refractivity contribution in [1.82, 2.24) is 4.98 Å². The minimum atomic E-state index is -3.77. The van der Waals surface area contributed by atoms with Crippen LogP contribution in [-0.4, -0.2) is 37.8 Å². The number of benzene rings is 2. The number of fused-ring (bicyclic) bond motifs is 1. The number of rotatable bonds is 4. The summed E-state index contributed by atoms with van der Waals surface area (Å²) in [6.45, 7) is 0. The third kappa shape index (κ3) is 3.44. The third-order valence-electron chi connectivity index (χ3n) is 3.75. The van der Waals surface area contributed by atoms with Gasteiger partial charge in [0.2, 0.25) is 10.0 Å². The van der Waals surface area contributed by atoms with Crippen molar-refractivity contribution in [2.24, 2.45) is 10.1 Å². The van der Waals surface area contributed by atoms with E-state index in [4.69, 9.17) is 9.88 Å². The molecule has 1 heterocycles. The van der Waals surface area contributed by atoms with Crippen LogP contribution in [0.15, 0.2) is 52.4 Å². The van der Waals surface area contributed by atoms with Gasteiger partial charge >= 0.3 is 5.97 Å². The van der Waals surface area contributed by atoms with E-state index in [1.165, 1.54) is 37.6 Å². The van der Waals surface area contributed by atoms with Gasteiger partial charge in [-0.25, -0.2) is 18.4 Å². The van der Waals surface area contributed by atoms with Gasteiger partial charge in [-0.2, -0.15) is 0 Å². The number of H-pyrrole nitrogens is 1.